The van der Waals surface area contributed by atoms with E-state index in [0.717, 1.165) is 10.5 Å². The molecule has 0 saturated heterocycles. The molecular formula is C13H16ClNS. The van der Waals surface area contributed by atoms with Crippen molar-refractivity contribution < 1.29 is 0 Å². The molecule has 0 amide bonds. The molecule has 16 heavy (non-hydrogen) atoms. The molecule has 0 aliphatic heterocycles. The lowest BCUT2D eigenvalue weighted by molar-refractivity contribution is 0.860. The number of halogens is 1. The fourth-order valence-corrected chi connectivity index (χ4v) is 3.03. The van der Waals surface area contributed by atoms with Crippen molar-refractivity contribution in [2.75, 3.05) is 0 Å². The molecule has 0 radical (unpaired) electrons. The van der Waals surface area contributed by atoms with Crippen molar-refractivity contribution in [3.05, 3.63) is 28.3 Å². The van der Waals surface area contributed by atoms with Gasteiger partial charge in [0.15, 0.2) is 0 Å². The molecule has 1 aromatic carbocycles. The van der Waals surface area contributed by atoms with Gasteiger partial charge in [-0.3, -0.25) is 0 Å². The number of nitrogens with zero attached hydrogens (tertiary/aromatic N) is 1. The Hall–Kier alpha value is -0.650. The van der Waals surface area contributed by atoms with Crippen LogP contribution in [0.25, 0.3) is 0 Å². The van der Waals surface area contributed by atoms with Gasteiger partial charge in [0, 0.05) is 15.2 Å². The topological polar surface area (TPSA) is 23.8 Å². The van der Waals surface area contributed by atoms with Gasteiger partial charge in [-0.25, -0.2) is 0 Å². The summed E-state index contributed by atoms with van der Waals surface area (Å²) >= 11 is 7.95. The Balaban J connectivity index is 3.23. The van der Waals surface area contributed by atoms with E-state index in [-0.39, 0.29) is 5.92 Å². The Morgan fingerprint density at radius 3 is 2.31 bits per heavy atom. The first-order chi connectivity index (χ1) is 7.45. The molecular weight excluding hydrogens is 238 g/mol. The van der Waals surface area contributed by atoms with Crippen LogP contribution in [0, 0.1) is 11.3 Å². The van der Waals surface area contributed by atoms with Gasteiger partial charge in [0.25, 0.3) is 0 Å². The summed E-state index contributed by atoms with van der Waals surface area (Å²) in [6, 6.07) is 6.13. The summed E-state index contributed by atoms with van der Waals surface area (Å²) in [5.74, 6) is 0.278. The highest BCUT2D eigenvalue weighted by Crippen LogP contribution is 2.33. The minimum Gasteiger partial charge on any atom is -0.192 e. The number of rotatable bonds is 3. The quantitative estimate of drug-likeness (QED) is 0.720. The Kier molecular flexibility index (Phi) is 4.70. The van der Waals surface area contributed by atoms with Gasteiger partial charge < -0.3 is 0 Å². The zero-order valence-corrected chi connectivity index (χ0v) is 11.6. The first-order valence-corrected chi connectivity index (χ1v) is 6.61. The van der Waals surface area contributed by atoms with Crippen molar-refractivity contribution in [3.63, 3.8) is 0 Å². The van der Waals surface area contributed by atoms with Crippen molar-refractivity contribution in [1.29, 1.82) is 5.26 Å². The van der Waals surface area contributed by atoms with Gasteiger partial charge in [-0.2, -0.15) is 5.26 Å². The molecule has 0 aliphatic rings. The number of nitriles is 1. The molecule has 86 valence electrons. The van der Waals surface area contributed by atoms with E-state index in [9.17, 15) is 0 Å². The highest BCUT2D eigenvalue weighted by molar-refractivity contribution is 7.99. The number of hydrogen-bond acceptors (Lipinski definition) is 2. The SMILES string of the molecule is CC(C)Sc1cc(Cl)c(C(C)C)c(C#N)c1. The smallest absolute Gasteiger partial charge is 0.0995 e. The van der Waals surface area contributed by atoms with Gasteiger partial charge in [-0.1, -0.05) is 39.3 Å². The van der Waals surface area contributed by atoms with Crippen molar-refractivity contribution >= 4 is 23.4 Å². The summed E-state index contributed by atoms with van der Waals surface area (Å²) < 4.78 is 0. The molecule has 0 atom stereocenters. The maximum absolute atomic E-state index is 9.13. The zero-order chi connectivity index (χ0) is 12.3. The fourth-order valence-electron chi connectivity index (χ4n) is 1.61. The van der Waals surface area contributed by atoms with Crippen molar-refractivity contribution in [3.8, 4) is 6.07 Å². The fraction of sp³-hybridized carbons (Fsp3) is 0.462. The highest BCUT2D eigenvalue weighted by Gasteiger charge is 2.13. The first-order valence-electron chi connectivity index (χ1n) is 5.36. The van der Waals surface area contributed by atoms with Gasteiger partial charge in [0.05, 0.1) is 11.6 Å². The highest BCUT2D eigenvalue weighted by atomic mass is 35.5. The van der Waals surface area contributed by atoms with E-state index >= 15 is 0 Å². The number of benzene rings is 1. The molecule has 0 unspecified atom stereocenters. The molecule has 0 N–H and O–H groups in total. The molecule has 0 fully saturated rings. The predicted octanol–water partition coefficient (Wildman–Crippen LogP) is 4.84. The van der Waals surface area contributed by atoms with E-state index in [0.29, 0.717) is 15.8 Å². The van der Waals surface area contributed by atoms with Crippen LogP contribution in [-0.4, -0.2) is 5.25 Å². The Bertz CT molecular complexity index is 419. The molecule has 0 aliphatic carbocycles. The zero-order valence-electron chi connectivity index (χ0n) is 10.0. The monoisotopic (exact) mass is 253 g/mol. The Morgan fingerprint density at radius 2 is 1.88 bits per heavy atom. The predicted molar refractivity (Wildman–Crippen MR) is 71.2 cm³/mol. The lowest BCUT2D eigenvalue weighted by Crippen LogP contribution is -1.96. The van der Waals surface area contributed by atoms with Gasteiger partial charge in [-0.15, -0.1) is 11.8 Å². The average Bonchev–Trinajstić information content (AvgIpc) is 2.14. The summed E-state index contributed by atoms with van der Waals surface area (Å²) in [6.45, 7) is 8.36. The summed E-state index contributed by atoms with van der Waals surface area (Å²) in [5.41, 5.74) is 1.66. The van der Waals surface area contributed by atoms with E-state index in [1.807, 2.05) is 12.1 Å². The van der Waals surface area contributed by atoms with Crippen LogP contribution in [0.5, 0.6) is 0 Å². The normalized spacial score (nSPS) is 10.9. The van der Waals surface area contributed by atoms with Gasteiger partial charge in [0.1, 0.15) is 0 Å². The third-order valence-electron chi connectivity index (χ3n) is 2.17. The van der Waals surface area contributed by atoms with Gasteiger partial charge >= 0.3 is 0 Å². The van der Waals surface area contributed by atoms with Crippen LogP contribution >= 0.6 is 23.4 Å². The molecule has 1 rings (SSSR count). The summed E-state index contributed by atoms with van der Waals surface area (Å²) in [5, 5.41) is 10.3. The largest absolute Gasteiger partial charge is 0.192 e. The van der Waals surface area contributed by atoms with Gasteiger partial charge in [-0.05, 0) is 23.6 Å². The van der Waals surface area contributed by atoms with Crippen LogP contribution in [0.2, 0.25) is 5.02 Å². The summed E-state index contributed by atoms with van der Waals surface area (Å²) in [7, 11) is 0. The molecule has 0 spiro atoms. The standard InChI is InChI=1S/C13H16ClNS/c1-8(2)13-10(7-15)5-11(6-12(13)14)16-9(3)4/h5-6,8-9H,1-4H3. The van der Waals surface area contributed by atoms with Crippen molar-refractivity contribution in [1.82, 2.24) is 0 Å². The van der Waals surface area contributed by atoms with E-state index in [1.54, 1.807) is 11.8 Å². The third-order valence-corrected chi connectivity index (χ3v) is 3.46. The minimum absolute atomic E-state index is 0.278. The maximum atomic E-state index is 9.13. The van der Waals surface area contributed by atoms with Gasteiger partial charge in [0.2, 0.25) is 0 Å². The summed E-state index contributed by atoms with van der Waals surface area (Å²) in [6.07, 6.45) is 0. The Morgan fingerprint density at radius 1 is 1.25 bits per heavy atom. The summed E-state index contributed by atoms with van der Waals surface area (Å²) in [4.78, 5) is 1.07. The van der Waals surface area contributed by atoms with E-state index in [1.165, 1.54) is 0 Å². The lowest BCUT2D eigenvalue weighted by Gasteiger charge is -2.13. The molecule has 0 aromatic heterocycles. The maximum Gasteiger partial charge on any atom is 0.0995 e. The average molecular weight is 254 g/mol. The van der Waals surface area contributed by atoms with E-state index in [4.69, 9.17) is 16.9 Å². The molecule has 0 bridgehead atoms. The molecule has 1 nitrogen and oxygen atoms in total. The molecule has 1 aromatic rings. The molecule has 0 saturated carbocycles. The van der Waals surface area contributed by atoms with Crippen LogP contribution in [0.4, 0.5) is 0 Å². The first kappa shape index (κ1) is 13.4. The second-order valence-corrected chi connectivity index (χ2v) is 6.36. The van der Waals surface area contributed by atoms with Crippen molar-refractivity contribution in [2.45, 2.75) is 43.8 Å². The lowest BCUT2D eigenvalue weighted by atomic mass is 9.98. The second-order valence-electron chi connectivity index (χ2n) is 4.30. The number of thioether (sulfide) groups is 1. The minimum atomic E-state index is 0.278. The van der Waals surface area contributed by atoms with E-state index < -0.39 is 0 Å². The molecule has 3 heteroatoms. The van der Waals surface area contributed by atoms with E-state index in [2.05, 4.69) is 33.8 Å². The second kappa shape index (κ2) is 5.61. The Labute approximate surface area is 107 Å². The van der Waals surface area contributed by atoms with Crippen LogP contribution in [0.3, 0.4) is 0 Å². The molecule has 0 heterocycles. The van der Waals surface area contributed by atoms with Crippen LogP contribution in [0.15, 0.2) is 17.0 Å². The third kappa shape index (κ3) is 3.17. The van der Waals surface area contributed by atoms with Crippen molar-refractivity contribution in [2.24, 2.45) is 0 Å². The number of hydrogen-bond donors (Lipinski definition) is 0. The van der Waals surface area contributed by atoms with Crippen LogP contribution < -0.4 is 0 Å². The van der Waals surface area contributed by atoms with Crippen LogP contribution in [-0.2, 0) is 0 Å². The van der Waals surface area contributed by atoms with Crippen LogP contribution in [0.1, 0.15) is 44.7 Å².